The van der Waals surface area contributed by atoms with Crippen molar-refractivity contribution in [2.75, 3.05) is 13.1 Å². The Morgan fingerprint density at radius 3 is 2.52 bits per heavy atom. The van der Waals surface area contributed by atoms with Crippen LogP contribution >= 0.6 is 0 Å². The van der Waals surface area contributed by atoms with Crippen molar-refractivity contribution in [3.63, 3.8) is 0 Å². The van der Waals surface area contributed by atoms with Crippen LogP contribution in [0.4, 0.5) is 0 Å². The molecule has 0 aliphatic carbocycles. The van der Waals surface area contributed by atoms with E-state index in [9.17, 15) is 14.7 Å². The zero-order chi connectivity index (χ0) is 18.0. The zero-order valence-corrected chi connectivity index (χ0v) is 14.6. The number of rotatable bonds is 5. The standard InChI is InChI=1S/C19H23N3O3/c1-14(2)19(18(24)25)8-11-21(13-19)17(23)16-6-4-15(5-7-16)12-22-10-3-9-20-22/h3-7,9-10,14H,8,11-13H2,1-2H3,(H,24,25). The molecule has 1 amide bonds. The van der Waals surface area contributed by atoms with Crippen molar-refractivity contribution >= 4 is 11.9 Å². The zero-order valence-electron chi connectivity index (χ0n) is 14.6. The highest BCUT2D eigenvalue weighted by atomic mass is 16.4. The first-order valence-corrected chi connectivity index (χ1v) is 8.51. The number of amides is 1. The molecule has 1 aromatic carbocycles. The smallest absolute Gasteiger partial charge is 0.311 e. The SMILES string of the molecule is CC(C)C1(C(=O)O)CCN(C(=O)c2ccc(Cn3cccn3)cc2)C1. The van der Waals surface area contributed by atoms with Crippen molar-refractivity contribution in [2.45, 2.75) is 26.8 Å². The maximum absolute atomic E-state index is 12.7. The van der Waals surface area contributed by atoms with Gasteiger partial charge < -0.3 is 10.0 Å². The highest BCUT2D eigenvalue weighted by molar-refractivity contribution is 5.95. The van der Waals surface area contributed by atoms with Gasteiger partial charge >= 0.3 is 5.97 Å². The molecule has 132 valence electrons. The number of hydrogen-bond acceptors (Lipinski definition) is 3. The summed E-state index contributed by atoms with van der Waals surface area (Å²) in [5.41, 5.74) is 0.813. The Balaban J connectivity index is 1.70. The largest absolute Gasteiger partial charge is 0.481 e. The summed E-state index contributed by atoms with van der Waals surface area (Å²) >= 11 is 0. The van der Waals surface area contributed by atoms with Gasteiger partial charge in [-0.3, -0.25) is 14.3 Å². The van der Waals surface area contributed by atoms with E-state index in [2.05, 4.69) is 5.10 Å². The molecule has 6 heteroatoms. The lowest BCUT2D eigenvalue weighted by Gasteiger charge is -2.28. The van der Waals surface area contributed by atoms with Gasteiger partial charge in [-0.15, -0.1) is 0 Å². The number of hydrogen-bond donors (Lipinski definition) is 1. The van der Waals surface area contributed by atoms with Crippen LogP contribution in [0.25, 0.3) is 0 Å². The number of carbonyl (C=O) groups excluding carboxylic acids is 1. The van der Waals surface area contributed by atoms with Crippen LogP contribution in [0, 0.1) is 11.3 Å². The third kappa shape index (κ3) is 3.29. The summed E-state index contributed by atoms with van der Waals surface area (Å²) in [7, 11) is 0. The van der Waals surface area contributed by atoms with Crippen molar-refractivity contribution in [3.05, 3.63) is 53.9 Å². The van der Waals surface area contributed by atoms with Crippen LogP contribution in [0.15, 0.2) is 42.7 Å². The van der Waals surface area contributed by atoms with Gasteiger partial charge in [0.15, 0.2) is 0 Å². The Labute approximate surface area is 147 Å². The van der Waals surface area contributed by atoms with E-state index in [4.69, 9.17) is 0 Å². The van der Waals surface area contributed by atoms with Gasteiger partial charge in [-0.05, 0) is 36.1 Å². The van der Waals surface area contributed by atoms with Crippen LogP contribution in [0.2, 0.25) is 0 Å². The Kier molecular flexibility index (Phi) is 4.61. The first-order valence-electron chi connectivity index (χ1n) is 8.51. The molecular formula is C19H23N3O3. The van der Waals surface area contributed by atoms with Crippen molar-refractivity contribution < 1.29 is 14.7 Å². The number of carboxylic acid groups (broad SMARTS) is 1. The van der Waals surface area contributed by atoms with Crippen LogP contribution in [-0.4, -0.2) is 44.8 Å². The molecule has 1 saturated heterocycles. The van der Waals surface area contributed by atoms with E-state index in [1.54, 1.807) is 23.2 Å². The average molecular weight is 341 g/mol. The van der Waals surface area contributed by atoms with Crippen LogP contribution in [0.1, 0.15) is 36.2 Å². The lowest BCUT2D eigenvalue weighted by Crippen LogP contribution is -2.40. The summed E-state index contributed by atoms with van der Waals surface area (Å²) in [6.07, 6.45) is 4.12. The number of aromatic nitrogens is 2. The van der Waals surface area contributed by atoms with Crippen molar-refractivity contribution in [3.8, 4) is 0 Å². The van der Waals surface area contributed by atoms with Gasteiger partial charge in [0.2, 0.25) is 0 Å². The second kappa shape index (κ2) is 6.70. The Bertz CT molecular complexity index is 753. The fraction of sp³-hybridized carbons (Fsp3) is 0.421. The maximum Gasteiger partial charge on any atom is 0.311 e. The molecular weight excluding hydrogens is 318 g/mol. The van der Waals surface area contributed by atoms with Gasteiger partial charge in [-0.25, -0.2) is 0 Å². The van der Waals surface area contributed by atoms with E-state index in [1.165, 1.54) is 0 Å². The number of carboxylic acids is 1. The lowest BCUT2D eigenvalue weighted by molar-refractivity contribution is -0.150. The fourth-order valence-electron chi connectivity index (χ4n) is 3.42. The molecule has 2 aromatic rings. The van der Waals surface area contributed by atoms with Crippen molar-refractivity contribution in [2.24, 2.45) is 11.3 Å². The summed E-state index contributed by atoms with van der Waals surface area (Å²) in [5, 5.41) is 13.8. The molecule has 3 rings (SSSR count). The third-order valence-corrected chi connectivity index (χ3v) is 5.22. The Morgan fingerprint density at radius 2 is 2.00 bits per heavy atom. The average Bonchev–Trinajstić information content (AvgIpc) is 3.25. The van der Waals surface area contributed by atoms with Crippen LogP contribution in [0.3, 0.4) is 0 Å². The van der Waals surface area contributed by atoms with E-state index < -0.39 is 11.4 Å². The van der Waals surface area contributed by atoms with Gasteiger partial charge in [0, 0.05) is 31.0 Å². The van der Waals surface area contributed by atoms with Gasteiger partial charge in [-0.1, -0.05) is 26.0 Å². The van der Waals surface area contributed by atoms with Crippen LogP contribution < -0.4 is 0 Å². The molecule has 25 heavy (non-hydrogen) atoms. The lowest BCUT2D eigenvalue weighted by atomic mass is 9.76. The first-order chi connectivity index (χ1) is 11.9. The topological polar surface area (TPSA) is 75.4 Å². The number of carbonyl (C=O) groups is 2. The molecule has 2 heterocycles. The quantitative estimate of drug-likeness (QED) is 0.907. The third-order valence-electron chi connectivity index (χ3n) is 5.22. The van der Waals surface area contributed by atoms with Crippen LogP contribution in [-0.2, 0) is 11.3 Å². The molecule has 0 spiro atoms. The minimum absolute atomic E-state index is 0.0146. The van der Waals surface area contributed by atoms with Gasteiger partial charge in [0.25, 0.3) is 5.91 Å². The predicted molar refractivity (Wildman–Crippen MR) is 93.2 cm³/mol. The summed E-state index contributed by atoms with van der Waals surface area (Å²) in [5.74, 6) is -0.930. The van der Waals surface area contributed by atoms with E-state index in [-0.39, 0.29) is 18.4 Å². The highest BCUT2D eigenvalue weighted by Gasteiger charge is 2.48. The molecule has 6 nitrogen and oxygen atoms in total. The number of aliphatic carboxylic acids is 1. The molecule has 1 fully saturated rings. The van der Waals surface area contributed by atoms with E-state index in [0.29, 0.717) is 25.1 Å². The molecule has 0 saturated carbocycles. The summed E-state index contributed by atoms with van der Waals surface area (Å²) in [4.78, 5) is 26.1. The van der Waals surface area contributed by atoms with Gasteiger partial charge in [0.05, 0.1) is 12.0 Å². The predicted octanol–water partition coefficient (Wildman–Crippen LogP) is 2.50. The van der Waals surface area contributed by atoms with Crippen LogP contribution in [0.5, 0.6) is 0 Å². The second-order valence-electron chi connectivity index (χ2n) is 6.99. The second-order valence-corrected chi connectivity index (χ2v) is 6.99. The molecule has 1 N–H and O–H groups in total. The molecule has 1 aromatic heterocycles. The normalized spacial score (nSPS) is 20.2. The van der Waals surface area contributed by atoms with E-state index in [0.717, 1.165) is 5.56 Å². The van der Waals surface area contributed by atoms with E-state index >= 15 is 0 Å². The minimum Gasteiger partial charge on any atom is -0.481 e. The first kappa shape index (κ1) is 17.2. The monoisotopic (exact) mass is 341 g/mol. The number of likely N-dealkylation sites (tertiary alicyclic amines) is 1. The maximum atomic E-state index is 12.7. The summed E-state index contributed by atoms with van der Waals surface area (Å²) < 4.78 is 1.82. The Morgan fingerprint density at radius 1 is 1.28 bits per heavy atom. The number of nitrogens with zero attached hydrogens (tertiary/aromatic N) is 3. The molecule has 0 bridgehead atoms. The molecule has 1 aliphatic rings. The summed E-state index contributed by atoms with van der Waals surface area (Å²) in [6.45, 7) is 5.23. The minimum atomic E-state index is -0.838. The molecule has 1 atom stereocenters. The number of benzene rings is 1. The molecule has 1 unspecified atom stereocenters. The highest BCUT2D eigenvalue weighted by Crippen LogP contribution is 2.38. The van der Waals surface area contributed by atoms with Crippen molar-refractivity contribution in [1.82, 2.24) is 14.7 Å². The Hall–Kier alpha value is -2.63. The van der Waals surface area contributed by atoms with Crippen molar-refractivity contribution in [1.29, 1.82) is 0 Å². The van der Waals surface area contributed by atoms with Gasteiger partial charge in [0.1, 0.15) is 0 Å². The van der Waals surface area contributed by atoms with E-state index in [1.807, 2.05) is 42.9 Å². The summed E-state index contributed by atoms with van der Waals surface area (Å²) in [6, 6.07) is 9.30. The molecule has 1 aliphatic heterocycles. The molecule has 0 radical (unpaired) electrons. The van der Waals surface area contributed by atoms with Gasteiger partial charge in [-0.2, -0.15) is 5.10 Å². The fourth-order valence-corrected chi connectivity index (χ4v) is 3.42.